The van der Waals surface area contributed by atoms with Gasteiger partial charge in [-0.3, -0.25) is 4.79 Å². The second-order valence-corrected chi connectivity index (χ2v) is 7.02. The number of piperidine rings is 1. The molecular weight excluding hydrogens is 312 g/mol. The van der Waals surface area contributed by atoms with Gasteiger partial charge in [0.25, 0.3) is 0 Å². The van der Waals surface area contributed by atoms with Gasteiger partial charge >= 0.3 is 0 Å². The molecule has 25 heavy (non-hydrogen) atoms. The van der Waals surface area contributed by atoms with Crippen molar-refractivity contribution in [1.82, 2.24) is 14.9 Å². The molecule has 5 heteroatoms. The van der Waals surface area contributed by atoms with Crippen LogP contribution >= 0.6 is 0 Å². The highest BCUT2D eigenvalue weighted by Crippen LogP contribution is 2.38. The maximum absolute atomic E-state index is 12.6. The van der Waals surface area contributed by atoms with Gasteiger partial charge in [-0.15, -0.1) is 0 Å². The van der Waals surface area contributed by atoms with Gasteiger partial charge in [0.2, 0.25) is 5.91 Å². The lowest BCUT2D eigenvalue weighted by atomic mass is 9.99. The molecule has 3 heterocycles. The summed E-state index contributed by atoms with van der Waals surface area (Å²) in [6.07, 6.45) is 1.48. The molecule has 0 spiro atoms. The van der Waals surface area contributed by atoms with E-state index < -0.39 is 0 Å². The third-order valence-corrected chi connectivity index (χ3v) is 4.97. The van der Waals surface area contributed by atoms with Gasteiger partial charge in [-0.05, 0) is 36.5 Å². The number of rotatable bonds is 2. The van der Waals surface area contributed by atoms with E-state index in [4.69, 9.17) is 5.73 Å². The van der Waals surface area contributed by atoms with E-state index >= 15 is 0 Å². The summed E-state index contributed by atoms with van der Waals surface area (Å²) < 4.78 is 2.05. The van der Waals surface area contributed by atoms with Crippen molar-refractivity contribution >= 4 is 33.7 Å². The van der Waals surface area contributed by atoms with E-state index in [0.29, 0.717) is 18.2 Å². The minimum atomic E-state index is -0.304. The Morgan fingerprint density at radius 1 is 1.36 bits per heavy atom. The number of nitrogens with one attached hydrogen (secondary N) is 1. The summed E-state index contributed by atoms with van der Waals surface area (Å²) in [5.41, 5.74) is 9.85. The Hall–Kier alpha value is -2.82. The van der Waals surface area contributed by atoms with Crippen LogP contribution in [0.2, 0.25) is 0 Å². The van der Waals surface area contributed by atoms with Crippen LogP contribution in [0.25, 0.3) is 21.9 Å². The predicted molar refractivity (Wildman–Crippen MR) is 101 cm³/mol. The van der Waals surface area contributed by atoms with Crippen molar-refractivity contribution < 1.29 is 4.79 Å². The number of amides is 1. The van der Waals surface area contributed by atoms with Crippen LogP contribution in [0, 0.1) is 0 Å². The molecule has 1 fully saturated rings. The quantitative estimate of drug-likeness (QED) is 0.747. The van der Waals surface area contributed by atoms with Crippen LogP contribution in [-0.4, -0.2) is 15.5 Å². The molecule has 4 rings (SSSR count). The minimum Gasteiger partial charge on any atom is -0.384 e. The summed E-state index contributed by atoms with van der Waals surface area (Å²) in [5, 5.41) is 5.10. The number of hydrogen-bond donors (Lipinski definition) is 2. The number of pyridine rings is 1. The van der Waals surface area contributed by atoms with Gasteiger partial charge in [0, 0.05) is 16.5 Å². The first-order chi connectivity index (χ1) is 12.0. The number of anilines is 1. The number of aromatic nitrogens is 2. The highest BCUT2D eigenvalue weighted by Gasteiger charge is 2.30. The van der Waals surface area contributed by atoms with E-state index in [1.807, 2.05) is 24.3 Å². The number of para-hydroxylation sites is 1. The molecule has 3 aromatic rings. The van der Waals surface area contributed by atoms with Crippen LogP contribution < -0.4 is 11.1 Å². The fraction of sp³-hybridized carbons (Fsp3) is 0.300. The average molecular weight is 334 g/mol. The van der Waals surface area contributed by atoms with Crippen LogP contribution in [0.15, 0.2) is 42.6 Å². The first-order valence-electron chi connectivity index (χ1n) is 8.65. The fourth-order valence-electron chi connectivity index (χ4n) is 3.81. The maximum Gasteiger partial charge on any atom is 0.247 e. The monoisotopic (exact) mass is 334 g/mol. The molecule has 1 aliphatic rings. The third kappa shape index (κ3) is 2.38. The van der Waals surface area contributed by atoms with Gasteiger partial charge in [-0.25, -0.2) is 4.98 Å². The molecule has 1 aromatic carbocycles. The molecule has 0 bridgehead atoms. The van der Waals surface area contributed by atoms with E-state index in [1.54, 1.807) is 0 Å². The molecular formula is C20H22N4O. The van der Waals surface area contributed by atoms with Crippen molar-refractivity contribution in [2.75, 3.05) is 5.73 Å². The lowest BCUT2D eigenvalue weighted by Gasteiger charge is -2.26. The second-order valence-electron chi connectivity index (χ2n) is 7.02. The van der Waals surface area contributed by atoms with Crippen LogP contribution in [0.4, 0.5) is 5.82 Å². The van der Waals surface area contributed by atoms with E-state index in [0.717, 1.165) is 39.6 Å². The molecule has 0 aliphatic carbocycles. The van der Waals surface area contributed by atoms with E-state index in [-0.39, 0.29) is 11.9 Å². The summed E-state index contributed by atoms with van der Waals surface area (Å²) in [6.45, 7) is 8.18. The Balaban J connectivity index is 2.09. The largest absolute Gasteiger partial charge is 0.384 e. The summed E-state index contributed by atoms with van der Waals surface area (Å²) in [6, 6.07) is 9.81. The molecule has 1 amide bonds. The predicted octanol–water partition coefficient (Wildman–Crippen LogP) is 3.86. The van der Waals surface area contributed by atoms with Gasteiger partial charge in [0.1, 0.15) is 17.5 Å². The lowest BCUT2D eigenvalue weighted by Crippen LogP contribution is -2.36. The smallest absolute Gasteiger partial charge is 0.247 e. The number of allylic oxidation sites excluding steroid dienone is 1. The summed E-state index contributed by atoms with van der Waals surface area (Å²) in [7, 11) is 0. The normalized spacial score (nSPS) is 18.3. The van der Waals surface area contributed by atoms with Gasteiger partial charge in [-0.2, -0.15) is 0 Å². The summed E-state index contributed by atoms with van der Waals surface area (Å²) >= 11 is 0. The van der Waals surface area contributed by atoms with Crippen molar-refractivity contribution in [3.05, 3.63) is 48.2 Å². The number of carbonyl (C=O) groups excluding carboxylic acids is 1. The van der Waals surface area contributed by atoms with Crippen LogP contribution in [0.1, 0.15) is 44.2 Å². The zero-order valence-corrected chi connectivity index (χ0v) is 14.5. The molecule has 0 saturated carbocycles. The van der Waals surface area contributed by atoms with Crippen molar-refractivity contribution in [2.45, 2.75) is 38.6 Å². The molecule has 1 saturated heterocycles. The molecule has 2 aromatic heterocycles. The van der Waals surface area contributed by atoms with Gasteiger partial charge in [-0.1, -0.05) is 38.6 Å². The molecule has 3 N–H and O–H groups in total. The van der Waals surface area contributed by atoms with Crippen molar-refractivity contribution in [2.24, 2.45) is 0 Å². The fourth-order valence-corrected chi connectivity index (χ4v) is 3.81. The highest BCUT2D eigenvalue weighted by molar-refractivity contribution is 6.10. The molecule has 1 aliphatic heterocycles. The SMILES string of the molecule is C=C1CCC(n2c3ccccc3c3c(C(C)C)cc(N)nc32)C(=O)N1. The number of nitrogens with two attached hydrogens (primary N) is 1. The number of fused-ring (bicyclic) bond motifs is 3. The van der Waals surface area contributed by atoms with Crippen molar-refractivity contribution in [1.29, 1.82) is 0 Å². The van der Waals surface area contributed by atoms with Crippen LogP contribution in [0.5, 0.6) is 0 Å². The van der Waals surface area contributed by atoms with E-state index in [2.05, 4.69) is 41.4 Å². The van der Waals surface area contributed by atoms with Crippen molar-refractivity contribution in [3.8, 4) is 0 Å². The van der Waals surface area contributed by atoms with Gasteiger partial charge < -0.3 is 15.6 Å². The number of benzene rings is 1. The van der Waals surface area contributed by atoms with Crippen LogP contribution in [0.3, 0.4) is 0 Å². The summed E-state index contributed by atoms with van der Waals surface area (Å²) in [5.74, 6) is 0.766. The molecule has 5 nitrogen and oxygen atoms in total. The zero-order chi connectivity index (χ0) is 17.7. The molecule has 0 radical (unpaired) electrons. The molecule has 1 unspecified atom stereocenters. The Morgan fingerprint density at radius 3 is 2.84 bits per heavy atom. The minimum absolute atomic E-state index is 0.0331. The summed E-state index contributed by atoms with van der Waals surface area (Å²) in [4.78, 5) is 17.3. The second kappa shape index (κ2) is 5.62. The standard InChI is InChI=1S/C20H22N4O/c1-11(2)14-10-17(21)23-19-18(14)13-6-4-5-7-15(13)24(19)16-9-8-12(3)22-20(16)25/h4-7,10-11,16H,3,8-9H2,1-2H3,(H2,21,23)(H,22,25). The Bertz CT molecular complexity index is 1020. The van der Waals surface area contributed by atoms with Crippen LogP contribution in [-0.2, 0) is 4.79 Å². The zero-order valence-electron chi connectivity index (χ0n) is 14.5. The third-order valence-electron chi connectivity index (χ3n) is 4.97. The van der Waals surface area contributed by atoms with Gasteiger partial charge in [0.15, 0.2) is 0 Å². The van der Waals surface area contributed by atoms with E-state index in [9.17, 15) is 4.79 Å². The Labute approximate surface area is 146 Å². The average Bonchev–Trinajstić information content (AvgIpc) is 2.88. The topological polar surface area (TPSA) is 72.9 Å². The van der Waals surface area contributed by atoms with Crippen molar-refractivity contribution in [3.63, 3.8) is 0 Å². The highest BCUT2D eigenvalue weighted by atomic mass is 16.2. The van der Waals surface area contributed by atoms with E-state index in [1.165, 1.54) is 0 Å². The molecule has 1 atom stereocenters. The number of nitrogen functional groups attached to an aromatic ring is 1. The Morgan fingerprint density at radius 2 is 2.12 bits per heavy atom. The maximum atomic E-state index is 12.6. The first-order valence-corrected chi connectivity index (χ1v) is 8.65. The number of carbonyl (C=O) groups is 1. The molecule has 128 valence electrons. The first kappa shape index (κ1) is 15.7. The number of hydrogen-bond acceptors (Lipinski definition) is 3. The Kier molecular flexibility index (Phi) is 3.53. The van der Waals surface area contributed by atoms with Gasteiger partial charge in [0.05, 0.1) is 5.52 Å². The number of nitrogens with zero attached hydrogens (tertiary/aromatic N) is 2. The lowest BCUT2D eigenvalue weighted by molar-refractivity contribution is -0.124.